The fourth-order valence-corrected chi connectivity index (χ4v) is 6.70. The molecular weight excluding hydrogens is 552 g/mol. The molecule has 5 heterocycles. The van der Waals surface area contributed by atoms with E-state index in [1.165, 1.54) is 17.2 Å². The van der Waals surface area contributed by atoms with Gasteiger partial charge in [0, 0.05) is 43.6 Å². The molecule has 2 saturated heterocycles. The summed E-state index contributed by atoms with van der Waals surface area (Å²) in [5, 5.41) is 10.7. The summed E-state index contributed by atoms with van der Waals surface area (Å²) in [5.41, 5.74) is 4.59. The van der Waals surface area contributed by atoms with Crippen LogP contribution < -0.4 is 9.64 Å². The summed E-state index contributed by atoms with van der Waals surface area (Å²) >= 11 is 6.95. The molecule has 3 aromatic rings. The van der Waals surface area contributed by atoms with E-state index in [4.69, 9.17) is 31.3 Å². The lowest BCUT2D eigenvalue weighted by atomic mass is 9.89. The molecule has 1 aliphatic carbocycles. The SMILES string of the molecule is C=CC(=O)N1CCN(c2nc(OC[C@@H]3CCCN3C)nc3nc(-c4cncc5c4CCCC5)c(Cl)cc23)C[C@@H]1CC#N. The molecule has 0 N–H and O–H groups in total. The van der Waals surface area contributed by atoms with Gasteiger partial charge in [-0.2, -0.15) is 15.2 Å². The Morgan fingerprint density at radius 3 is 2.81 bits per heavy atom. The molecule has 0 aromatic carbocycles. The number of amides is 1. The zero-order valence-corrected chi connectivity index (χ0v) is 24.7. The van der Waals surface area contributed by atoms with E-state index in [1.807, 2.05) is 18.5 Å². The fraction of sp³-hybridized carbons (Fsp3) is 0.484. The Hall–Kier alpha value is -3.81. The number of anilines is 1. The Kier molecular flexibility index (Phi) is 8.22. The van der Waals surface area contributed by atoms with Crippen molar-refractivity contribution >= 4 is 34.4 Å². The molecule has 0 unspecified atom stereocenters. The number of carbonyl (C=O) groups excluding carboxylic acids is 1. The number of halogens is 1. The van der Waals surface area contributed by atoms with Crippen LogP contribution in [0, 0.1) is 11.3 Å². The van der Waals surface area contributed by atoms with E-state index in [-0.39, 0.29) is 24.4 Å². The smallest absolute Gasteiger partial charge is 0.320 e. The lowest BCUT2D eigenvalue weighted by Gasteiger charge is -2.41. The van der Waals surface area contributed by atoms with Crippen LogP contribution in [-0.2, 0) is 17.6 Å². The molecular formula is C31H35ClN8O2. The lowest BCUT2D eigenvalue weighted by Crippen LogP contribution is -2.55. The summed E-state index contributed by atoms with van der Waals surface area (Å²) in [6.07, 6.45) is 11.8. The van der Waals surface area contributed by atoms with Crippen molar-refractivity contribution < 1.29 is 9.53 Å². The van der Waals surface area contributed by atoms with Gasteiger partial charge in [-0.3, -0.25) is 9.78 Å². The minimum absolute atomic E-state index is 0.179. The van der Waals surface area contributed by atoms with Crippen LogP contribution in [0.5, 0.6) is 6.01 Å². The van der Waals surface area contributed by atoms with Gasteiger partial charge in [0.1, 0.15) is 12.4 Å². The second kappa shape index (κ2) is 12.2. The number of hydrogen-bond acceptors (Lipinski definition) is 9. The van der Waals surface area contributed by atoms with E-state index in [0.717, 1.165) is 50.6 Å². The van der Waals surface area contributed by atoms with E-state index in [1.54, 1.807) is 4.90 Å². The summed E-state index contributed by atoms with van der Waals surface area (Å²) in [7, 11) is 2.11. The number of piperazine rings is 1. The maximum absolute atomic E-state index is 12.5. The van der Waals surface area contributed by atoms with Crippen molar-refractivity contribution in [3.05, 3.63) is 47.3 Å². The molecule has 3 aliphatic rings. The minimum atomic E-state index is -0.305. The second-order valence-electron chi connectivity index (χ2n) is 11.3. The van der Waals surface area contributed by atoms with Gasteiger partial charge in [0.2, 0.25) is 5.91 Å². The predicted molar refractivity (Wildman–Crippen MR) is 162 cm³/mol. The normalized spacial score (nSPS) is 20.8. The van der Waals surface area contributed by atoms with Crippen LogP contribution in [0.15, 0.2) is 31.1 Å². The molecule has 11 heteroatoms. The molecule has 0 saturated carbocycles. The van der Waals surface area contributed by atoms with Crippen LogP contribution in [-0.4, -0.2) is 87.6 Å². The van der Waals surface area contributed by atoms with Crippen LogP contribution in [0.2, 0.25) is 5.02 Å². The van der Waals surface area contributed by atoms with Gasteiger partial charge in [-0.05, 0) is 75.4 Å². The summed E-state index contributed by atoms with van der Waals surface area (Å²) in [5.74, 6) is 0.457. The molecule has 0 radical (unpaired) electrons. The van der Waals surface area contributed by atoms with Crippen LogP contribution >= 0.6 is 11.6 Å². The van der Waals surface area contributed by atoms with E-state index < -0.39 is 0 Å². The van der Waals surface area contributed by atoms with Crippen LogP contribution in [0.25, 0.3) is 22.3 Å². The number of aryl methyl sites for hydroxylation is 1. The lowest BCUT2D eigenvalue weighted by molar-refractivity contribution is -0.128. The third-order valence-electron chi connectivity index (χ3n) is 8.77. The number of likely N-dealkylation sites (tertiary alicyclic amines) is 1. The van der Waals surface area contributed by atoms with Crippen LogP contribution in [0.1, 0.15) is 43.2 Å². The first-order valence-corrected chi connectivity index (χ1v) is 15.1. The van der Waals surface area contributed by atoms with Gasteiger partial charge in [0.05, 0.1) is 34.6 Å². The Balaban J connectivity index is 1.42. The van der Waals surface area contributed by atoms with Gasteiger partial charge in [0.15, 0.2) is 5.65 Å². The number of ether oxygens (including phenoxy) is 1. The number of nitrogens with zero attached hydrogens (tertiary/aromatic N) is 8. The highest BCUT2D eigenvalue weighted by atomic mass is 35.5. The number of pyridine rings is 2. The van der Waals surface area contributed by atoms with Crippen molar-refractivity contribution in [2.45, 2.75) is 57.0 Å². The molecule has 0 spiro atoms. The van der Waals surface area contributed by atoms with Gasteiger partial charge in [-0.1, -0.05) is 18.2 Å². The molecule has 2 fully saturated rings. The van der Waals surface area contributed by atoms with Crippen molar-refractivity contribution in [1.29, 1.82) is 5.26 Å². The van der Waals surface area contributed by atoms with Gasteiger partial charge >= 0.3 is 6.01 Å². The molecule has 2 atom stereocenters. The number of nitriles is 1. The Morgan fingerprint density at radius 2 is 2.02 bits per heavy atom. The Labute approximate surface area is 251 Å². The topological polar surface area (TPSA) is 111 Å². The molecule has 218 valence electrons. The second-order valence-corrected chi connectivity index (χ2v) is 11.7. The molecule has 3 aromatic heterocycles. The van der Waals surface area contributed by atoms with Gasteiger partial charge < -0.3 is 19.4 Å². The first kappa shape index (κ1) is 28.3. The van der Waals surface area contributed by atoms with E-state index in [0.29, 0.717) is 59.9 Å². The van der Waals surface area contributed by atoms with E-state index >= 15 is 0 Å². The highest BCUT2D eigenvalue weighted by molar-refractivity contribution is 6.34. The summed E-state index contributed by atoms with van der Waals surface area (Å²) in [6, 6.07) is 4.36. The summed E-state index contributed by atoms with van der Waals surface area (Å²) in [4.78, 5) is 37.7. The first-order valence-electron chi connectivity index (χ1n) is 14.7. The number of aromatic nitrogens is 4. The average molecular weight is 587 g/mol. The third kappa shape index (κ3) is 5.51. The predicted octanol–water partition coefficient (Wildman–Crippen LogP) is 4.21. The van der Waals surface area contributed by atoms with Crippen molar-refractivity contribution in [1.82, 2.24) is 29.7 Å². The average Bonchev–Trinajstić information content (AvgIpc) is 3.43. The summed E-state index contributed by atoms with van der Waals surface area (Å²) < 4.78 is 6.21. The molecule has 42 heavy (non-hydrogen) atoms. The van der Waals surface area contributed by atoms with Gasteiger partial charge in [0.25, 0.3) is 0 Å². The number of likely N-dealkylation sites (N-methyl/N-ethyl adjacent to an activating group) is 1. The maximum Gasteiger partial charge on any atom is 0.320 e. The van der Waals surface area contributed by atoms with E-state index in [2.05, 4.69) is 34.5 Å². The highest BCUT2D eigenvalue weighted by Crippen LogP contribution is 2.37. The number of hydrogen-bond donors (Lipinski definition) is 0. The zero-order chi connectivity index (χ0) is 29.2. The number of carbonyl (C=O) groups is 1. The molecule has 1 amide bonds. The summed E-state index contributed by atoms with van der Waals surface area (Å²) in [6.45, 7) is 6.55. The molecule has 2 aliphatic heterocycles. The van der Waals surface area contributed by atoms with E-state index in [9.17, 15) is 10.1 Å². The fourth-order valence-electron chi connectivity index (χ4n) is 6.45. The Morgan fingerprint density at radius 1 is 1.17 bits per heavy atom. The van der Waals surface area contributed by atoms with Gasteiger partial charge in [-0.25, -0.2) is 4.98 Å². The highest BCUT2D eigenvalue weighted by Gasteiger charge is 2.32. The van der Waals surface area contributed by atoms with Crippen LogP contribution in [0.4, 0.5) is 5.82 Å². The number of fused-ring (bicyclic) bond motifs is 2. The largest absolute Gasteiger partial charge is 0.462 e. The minimum Gasteiger partial charge on any atom is -0.462 e. The van der Waals surface area contributed by atoms with Crippen molar-refractivity contribution in [2.24, 2.45) is 0 Å². The molecule has 10 nitrogen and oxygen atoms in total. The third-order valence-corrected chi connectivity index (χ3v) is 9.06. The maximum atomic E-state index is 12.5. The molecule has 0 bridgehead atoms. The first-order chi connectivity index (χ1) is 20.5. The quantitative estimate of drug-likeness (QED) is 0.376. The zero-order valence-electron chi connectivity index (χ0n) is 23.9. The Bertz CT molecular complexity index is 1560. The number of rotatable bonds is 7. The van der Waals surface area contributed by atoms with Crippen molar-refractivity contribution in [3.63, 3.8) is 0 Å². The standard InChI is InChI=1S/C31H35ClN8O2/c1-3-27(41)40-14-13-39(18-21(40)10-11-33)30-24-15-26(32)28(25-17-34-16-20-7-4-5-9-23(20)25)35-29(24)36-31(37-30)42-19-22-8-6-12-38(22)2/h3,15-17,21-22H,1,4-10,12-14,18-19H2,2H3/t21-,22-/m0/s1. The monoisotopic (exact) mass is 586 g/mol. The van der Waals surface area contributed by atoms with Crippen molar-refractivity contribution in [3.8, 4) is 23.3 Å². The van der Waals surface area contributed by atoms with Crippen LogP contribution in [0.3, 0.4) is 0 Å². The van der Waals surface area contributed by atoms with Crippen molar-refractivity contribution in [2.75, 3.05) is 44.7 Å². The van der Waals surface area contributed by atoms with Gasteiger partial charge in [-0.15, -0.1) is 0 Å². The molecule has 6 rings (SSSR count).